The molecule has 17 heavy (non-hydrogen) atoms. The van der Waals surface area contributed by atoms with E-state index in [1.165, 1.54) is 45.2 Å². The molecule has 2 aliphatic heterocycles. The van der Waals surface area contributed by atoms with Crippen molar-refractivity contribution in [1.29, 1.82) is 0 Å². The molecule has 0 aliphatic carbocycles. The minimum absolute atomic E-state index is 0.351. The molecule has 2 rings (SSSR count). The van der Waals surface area contributed by atoms with Crippen molar-refractivity contribution in [2.24, 2.45) is 0 Å². The van der Waals surface area contributed by atoms with Crippen LogP contribution in [0.5, 0.6) is 0 Å². The van der Waals surface area contributed by atoms with E-state index in [9.17, 15) is 0 Å². The maximum absolute atomic E-state index is 5.91. The van der Waals surface area contributed by atoms with Gasteiger partial charge in [-0.2, -0.15) is 0 Å². The number of rotatable bonds is 5. The Morgan fingerprint density at radius 2 is 2.29 bits per heavy atom. The van der Waals surface area contributed by atoms with Gasteiger partial charge in [0.15, 0.2) is 0 Å². The average molecular weight is 237 g/mol. The largest absolute Gasteiger partial charge is 0.377 e. The van der Waals surface area contributed by atoms with Gasteiger partial charge in [-0.25, -0.2) is 0 Å². The second kappa shape index (κ2) is 5.53. The normalized spacial score (nSPS) is 31.6. The number of ether oxygens (including phenoxy) is 1. The van der Waals surface area contributed by atoms with Crippen molar-refractivity contribution in [2.75, 3.05) is 19.7 Å². The molecule has 0 radical (unpaired) electrons. The van der Waals surface area contributed by atoms with Gasteiger partial charge >= 0.3 is 0 Å². The lowest BCUT2D eigenvalue weighted by Gasteiger charge is -2.32. The predicted octanol–water partition coefficient (Wildman–Crippen LogP) is 3.38. The Labute approximate surface area is 106 Å². The summed E-state index contributed by atoms with van der Waals surface area (Å²) < 4.78 is 5.91. The summed E-state index contributed by atoms with van der Waals surface area (Å²) >= 11 is 0. The molecule has 0 spiro atoms. The molecule has 0 N–H and O–H groups in total. The van der Waals surface area contributed by atoms with Gasteiger partial charge in [-0.05, 0) is 46.1 Å². The summed E-state index contributed by atoms with van der Waals surface area (Å²) in [4.78, 5) is 2.66. The third-order valence-corrected chi connectivity index (χ3v) is 4.10. The Morgan fingerprint density at radius 1 is 1.47 bits per heavy atom. The number of allylic oxidation sites excluding steroid dienone is 1. The summed E-state index contributed by atoms with van der Waals surface area (Å²) in [6, 6.07) is 0. The SMILES string of the molecule is CCC/C=C1\CN2CCCC2(COC(C)C)C1. The number of fused-ring (bicyclic) bond motifs is 1. The third-order valence-electron chi connectivity index (χ3n) is 4.10. The van der Waals surface area contributed by atoms with Gasteiger partial charge in [0.25, 0.3) is 0 Å². The highest BCUT2D eigenvalue weighted by molar-refractivity contribution is 5.20. The van der Waals surface area contributed by atoms with E-state index in [2.05, 4.69) is 31.7 Å². The summed E-state index contributed by atoms with van der Waals surface area (Å²) in [7, 11) is 0. The van der Waals surface area contributed by atoms with Crippen molar-refractivity contribution in [3.05, 3.63) is 11.6 Å². The van der Waals surface area contributed by atoms with Crippen molar-refractivity contribution >= 4 is 0 Å². The second-order valence-corrected chi connectivity index (χ2v) is 5.94. The van der Waals surface area contributed by atoms with Crippen LogP contribution in [-0.2, 0) is 4.74 Å². The Kier molecular flexibility index (Phi) is 4.26. The van der Waals surface area contributed by atoms with Gasteiger partial charge in [-0.15, -0.1) is 0 Å². The fourth-order valence-electron chi connectivity index (χ4n) is 3.19. The standard InChI is InChI=1S/C15H27NO/c1-4-5-7-14-10-15(12-17-13(2)3)8-6-9-16(15)11-14/h7,13H,4-6,8-12H2,1-3H3/b14-7-. The zero-order chi connectivity index (χ0) is 12.3. The van der Waals surface area contributed by atoms with Crippen molar-refractivity contribution in [3.8, 4) is 0 Å². The quantitative estimate of drug-likeness (QED) is 0.680. The molecule has 1 atom stereocenters. The van der Waals surface area contributed by atoms with E-state index in [4.69, 9.17) is 4.74 Å². The van der Waals surface area contributed by atoms with E-state index in [0.29, 0.717) is 11.6 Å². The molecule has 0 bridgehead atoms. The van der Waals surface area contributed by atoms with Crippen LogP contribution in [0.25, 0.3) is 0 Å². The van der Waals surface area contributed by atoms with Gasteiger partial charge in [-0.1, -0.05) is 25.0 Å². The van der Waals surface area contributed by atoms with Crippen LogP contribution in [-0.4, -0.2) is 36.2 Å². The Balaban J connectivity index is 1.99. The van der Waals surface area contributed by atoms with Crippen LogP contribution in [0.3, 0.4) is 0 Å². The fraction of sp³-hybridized carbons (Fsp3) is 0.867. The van der Waals surface area contributed by atoms with Gasteiger partial charge in [0.2, 0.25) is 0 Å². The van der Waals surface area contributed by atoms with Crippen molar-refractivity contribution < 1.29 is 4.74 Å². The number of hydrogen-bond donors (Lipinski definition) is 0. The Bertz CT molecular complexity index is 285. The van der Waals surface area contributed by atoms with Crippen molar-refractivity contribution in [3.63, 3.8) is 0 Å². The molecule has 1 unspecified atom stereocenters. The molecule has 2 heterocycles. The summed E-state index contributed by atoms with van der Waals surface area (Å²) in [5, 5.41) is 0. The van der Waals surface area contributed by atoms with Crippen LogP contribution >= 0.6 is 0 Å². The summed E-state index contributed by atoms with van der Waals surface area (Å²) in [5.74, 6) is 0. The zero-order valence-electron chi connectivity index (χ0n) is 11.7. The molecule has 2 saturated heterocycles. The number of hydrogen-bond acceptors (Lipinski definition) is 2. The van der Waals surface area contributed by atoms with Gasteiger partial charge in [0, 0.05) is 12.1 Å². The molecule has 0 aromatic carbocycles. The molecular formula is C15H27NO. The van der Waals surface area contributed by atoms with Crippen LogP contribution in [0.2, 0.25) is 0 Å². The lowest BCUT2D eigenvalue weighted by atomic mass is 9.93. The predicted molar refractivity (Wildman–Crippen MR) is 72.2 cm³/mol. The molecule has 98 valence electrons. The summed E-state index contributed by atoms with van der Waals surface area (Å²) in [6.07, 6.45) is 9.25. The Morgan fingerprint density at radius 3 is 3.00 bits per heavy atom. The van der Waals surface area contributed by atoms with Crippen LogP contribution < -0.4 is 0 Å². The van der Waals surface area contributed by atoms with E-state index in [1.54, 1.807) is 5.57 Å². The topological polar surface area (TPSA) is 12.5 Å². The molecular weight excluding hydrogens is 210 g/mol. The maximum atomic E-state index is 5.91. The third kappa shape index (κ3) is 2.92. The van der Waals surface area contributed by atoms with Crippen LogP contribution in [0.4, 0.5) is 0 Å². The van der Waals surface area contributed by atoms with Gasteiger partial charge in [0.1, 0.15) is 0 Å². The molecule has 0 amide bonds. The van der Waals surface area contributed by atoms with Gasteiger partial charge < -0.3 is 4.74 Å². The molecule has 0 aromatic rings. The van der Waals surface area contributed by atoms with Gasteiger partial charge in [-0.3, -0.25) is 4.90 Å². The first-order valence-corrected chi connectivity index (χ1v) is 7.21. The first kappa shape index (κ1) is 13.1. The highest BCUT2D eigenvalue weighted by Gasteiger charge is 2.46. The lowest BCUT2D eigenvalue weighted by Crippen LogP contribution is -2.43. The van der Waals surface area contributed by atoms with E-state index < -0.39 is 0 Å². The van der Waals surface area contributed by atoms with E-state index in [1.807, 2.05) is 0 Å². The summed E-state index contributed by atoms with van der Waals surface area (Å²) in [5.41, 5.74) is 2.00. The Hall–Kier alpha value is -0.340. The first-order valence-electron chi connectivity index (χ1n) is 7.21. The molecule has 0 saturated carbocycles. The van der Waals surface area contributed by atoms with E-state index in [0.717, 1.165) is 6.61 Å². The molecule has 0 aromatic heterocycles. The van der Waals surface area contributed by atoms with Crippen molar-refractivity contribution in [2.45, 2.75) is 64.5 Å². The van der Waals surface area contributed by atoms with Crippen LogP contribution in [0, 0.1) is 0 Å². The van der Waals surface area contributed by atoms with Crippen LogP contribution in [0.1, 0.15) is 52.9 Å². The summed E-state index contributed by atoms with van der Waals surface area (Å²) in [6.45, 7) is 9.92. The lowest BCUT2D eigenvalue weighted by molar-refractivity contribution is 0.00328. The molecule has 2 aliphatic rings. The molecule has 2 fully saturated rings. The monoisotopic (exact) mass is 237 g/mol. The van der Waals surface area contributed by atoms with E-state index in [-0.39, 0.29) is 0 Å². The minimum atomic E-state index is 0.351. The molecule has 2 nitrogen and oxygen atoms in total. The van der Waals surface area contributed by atoms with Gasteiger partial charge in [0.05, 0.1) is 12.7 Å². The zero-order valence-corrected chi connectivity index (χ0v) is 11.7. The van der Waals surface area contributed by atoms with Crippen LogP contribution in [0.15, 0.2) is 11.6 Å². The molecule has 2 heteroatoms. The number of nitrogens with zero attached hydrogens (tertiary/aromatic N) is 1. The highest BCUT2D eigenvalue weighted by Crippen LogP contribution is 2.41. The minimum Gasteiger partial charge on any atom is -0.377 e. The van der Waals surface area contributed by atoms with E-state index >= 15 is 0 Å². The second-order valence-electron chi connectivity index (χ2n) is 5.94. The first-order chi connectivity index (χ1) is 8.16. The smallest absolute Gasteiger partial charge is 0.0657 e. The number of unbranched alkanes of at least 4 members (excludes halogenated alkanes) is 1. The average Bonchev–Trinajstić information content (AvgIpc) is 2.80. The maximum Gasteiger partial charge on any atom is 0.0657 e. The highest BCUT2D eigenvalue weighted by atomic mass is 16.5. The van der Waals surface area contributed by atoms with Crippen molar-refractivity contribution in [1.82, 2.24) is 4.90 Å². The fourth-order valence-corrected chi connectivity index (χ4v) is 3.19.